The fourth-order valence-electron chi connectivity index (χ4n) is 2.39. The fourth-order valence-corrected chi connectivity index (χ4v) is 3.55. The van der Waals surface area contributed by atoms with Gasteiger partial charge in [-0.25, -0.2) is 0 Å². The summed E-state index contributed by atoms with van der Waals surface area (Å²) in [5.41, 5.74) is 4.78. The Kier molecular flexibility index (Phi) is 2.50. The van der Waals surface area contributed by atoms with Crippen molar-refractivity contribution < 1.29 is 0 Å². The average molecular weight is 332 g/mol. The van der Waals surface area contributed by atoms with Crippen molar-refractivity contribution >= 4 is 38.8 Å². The van der Waals surface area contributed by atoms with E-state index < -0.39 is 0 Å². The van der Waals surface area contributed by atoms with Crippen LogP contribution in [0.2, 0.25) is 0 Å². The summed E-state index contributed by atoms with van der Waals surface area (Å²) in [4.78, 5) is 1.42. The molecule has 0 unspecified atom stereocenters. The second kappa shape index (κ2) is 4.21. The lowest BCUT2D eigenvalue weighted by Crippen LogP contribution is -1.93. The number of aromatic nitrogens is 2. The van der Waals surface area contributed by atoms with Gasteiger partial charge < -0.3 is 5.32 Å². The Morgan fingerprint density at radius 2 is 2.05 bits per heavy atom. The molecular formula is C14H10BrN3S. The van der Waals surface area contributed by atoms with E-state index in [9.17, 15) is 0 Å². The van der Waals surface area contributed by atoms with Crippen LogP contribution in [0.25, 0.3) is 11.3 Å². The third-order valence-electron chi connectivity index (χ3n) is 3.33. The summed E-state index contributed by atoms with van der Waals surface area (Å²) in [5.74, 6) is 0.931. The third kappa shape index (κ3) is 1.81. The molecule has 4 rings (SSSR count). The topological polar surface area (TPSA) is 40.7 Å². The van der Waals surface area contributed by atoms with E-state index in [0.717, 1.165) is 28.1 Å². The van der Waals surface area contributed by atoms with Crippen molar-refractivity contribution in [2.24, 2.45) is 0 Å². The smallest absolute Gasteiger partial charge is 0.156 e. The number of benzene rings is 1. The highest BCUT2D eigenvalue weighted by molar-refractivity contribution is 9.10. The first-order valence-electron chi connectivity index (χ1n) is 5.98. The first-order valence-corrected chi connectivity index (χ1v) is 7.65. The molecule has 0 saturated carbocycles. The molecule has 2 aromatic heterocycles. The molecule has 1 aliphatic rings. The fraction of sp³-hybridized carbons (Fsp3) is 0.0714. The van der Waals surface area contributed by atoms with Crippen LogP contribution in [-0.4, -0.2) is 10.2 Å². The average Bonchev–Trinajstić information content (AvgIpc) is 3.05. The Hall–Kier alpha value is -1.59. The molecule has 94 valence electrons. The predicted octanol–water partition coefficient (Wildman–Crippen LogP) is 4.55. The van der Waals surface area contributed by atoms with Crippen LogP contribution in [0.15, 0.2) is 40.2 Å². The molecular weight excluding hydrogens is 322 g/mol. The molecule has 0 saturated heterocycles. The zero-order chi connectivity index (χ0) is 12.8. The first kappa shape index (κ1) is 11.3. The van der Waals surface area contributed by atoms with E-state index in [2.05, 4.69) is 42.9 Å². The maximum absolute atomic E-state index is 4.39. The minimum absolute atomic E-state index is 0.931. The number of halogens is 1. The van der Waals surface area contributed by atoms with E-state index in [1.165, 1.54) is 16.0 Å². The molecule has 0 fully saturated rings. The van der Waals surface area contributed by atoms with E-state index in [1.807, 2.05) is 35.6 Å². The van der Waals surface area contributed by atoms with Gasteiger partial charge in [0.2, 0.25) is 0 Å². The molecule has 0 radical (unpaired) electrons. The molecule has 0 amide bonds. The maximum Gasteiger partial charge on any atom is 0.156 e. The molecule has 3 aromatic rings. The van der Waals surface area contributed by atoms with Crippen LogP contribution < -0.4 is 5.32 Å². The van der Waals surface area contributed by atoms with E-state index >= 15 is 0 Å². The summed E-state index contributed by atoms with van der Waals surface area (Å²) in [5, 5.41) is 13.0. The molecule has 0 bridgehead atoms. The second-order valence-corrected chi connectivity index (χ2v) is 6.41. The van der Waals surface area contributed by atoms with Crippen LogP contribution in [0.5, 0.6) is 0 Å². The van der Waals surface area contributed by atoms with E-state index in [-0.39, 0.29) is 0 Å². The van der Waals surface area contributed by atoms with Gasteiger partial charge in [-0.15, -0.1) is 11.3 Å². The number of nitrogens with zero attached hydrogens (tertiary/aromatic N) is 1. The highest BCUT2D eigenvalue weighted by atomic mass is 79.9. The molecule has 1 aromatic carbocycles. The number of fused-ring (bicyclic) bond motifs is 3. The van der Waals surface area contributed by atoms with E-state index in [1.54, 1.807) is 0 Å². The number of nitrogens with one attached hydrogen (secondary N) is 2. The van der Waals surface area contributed by atoms with Gasteiger partial charge in [0.05, 0.1) is 5.69 Å². The van der Waals surface area contributed by atoms with Crippen LogP contribution in [0, 0.1) is 0 Å². The molecule has 5 heteroatoms. The second-order valence-electron chi connectivity index (χ2n) is 4.49. The first-order chi connectivity index (χ1) is 9.31. The van der Waals surface area contributed by atoms with Gasteiger partial charge in [0, 0.05) is 32.6 Å². The van der Waals surface area contributed by atoms with Gasteiger partial charge in [0.15, 0.2) is 5.82 Å². The summed E-state index contributed by atoms with van der Waals surface area (Å²) in [6, 6.07) is 10.3. The Bertz CT molecular complexity index is 742. The lowest BCUT2D eigenvalue weighted by atomic mass is 10.2. The quantitative estimate of drug-likeness (QED) is 0.565. The molecule has 1 aliphatic carbocycles. The monoisotopic (exact) mass is 331 g/mol. The number of thiophene rings is 1. The Balaban J connectivity index is 1.68. The number of anilines is 2. The Morgan fingerprint density at radius 3 is 2.89 bits per heavy atom. The van der Waals surface area contributed by atoms with Crippen LogP contribution in [0.3, 0.4) is 0 Å². The van der Waals surface area contributed by atoms with Gasteiger partial charge in [-0.1, -0.05) is 15.9 Å². The summed E-state index contributed by atoms with van der Waals surface area (Å²) >= 11 is 5.25. The van der Waals surface area contributed by atoms with Gasteiger partial charge in [-0.05, 0) is 35.7 Å². The van der Waals surface area contributed by atoms with Crippen molar-refractivity contribution in [2.75, 3.05) is 5.32 Å². The van der Waals surface area contributed by atoms with E-state index in [0.29, 0.717) is 0 Å². The predicted molar refractivity (Wildman–Crippen MR) is 82.1 cm³/mol. The van der Waals surface area contributed by atoms with Crippen LogP contribution in [0.4, 0.5) is 11.5 Å². The molecule has 0 aliphatic heterocycles. The van der Waals surface area contributed by atoms with Crippen molar-refractivity contribution in [3.63, 3.8) is 0 Å². The highest BCUT2D eigenvalue weighted by Gasteiger charge is 2.25. The van der Waals surface area contributed by atoms with Gasteiger partial charge in [0.1, 0.15) is 0 Å². The summed E-state index contributed by atoms with van der Waals surface area (Å²) in [6.07, 6.45) is 0.970. The van der Waals surface area contributed by atoms with Gasteiger partial charge in [-0.2, -0.15) is 5.10 Å². The standard InChI is InChI=1S/C14H10BrN3S/c15-8-1-3-9(4-2-8)16-14-11-7-12-10(5-6-19-12)13(11)17-18-14/h1-6H,7H2,(H2,16,17,18). The molecule has 3 nitrogen and oxygen atoms in total. The van der Waals surface area contributed by atoms with Gasteiger partial charge >= 0.3 is 0 Å². The van der Waals surface area contributed by atoms with Crippen LogP contribution in [0.1, 0.15) is 10.4 Å². The third-order valence-corrected chi connectivity index (χ3v) is 4.78. The lowest BCUT2D eigenvalue weighted by molar-refractivity contribution is 1.09. The van der Waals surface area contributed by atoms with Gasteiger partial charge in [0.25, 0.3) is 0 Å². The van der Waals surface area contributed by atoms with E-state index in [4.69, 9.17) is 0 Å². The normalized spacial score (nSPS) is 12.3. The van der Waals surface area contributed by atoms with Crippen LogP contribution >= 0.6 is 27.3 Å². The zero-order valence-corrected chi connectivity index (χ0v) is 12.3. The van der Waals surface area contributed by atoms with Crippen molar-refractivity contribution in [1.29, 1.82) is 0 Å². The van der Waals surface area contributed by atoms with Crippen molar-refractivity contribution in [3.05, 3.63) is 50.6 Å². The summed E-state index contributed by atoms with van der Waals surface area (Å²) in [6.45, 7) is 0. The minimum atomic E-state index is 0.931. The Morgan fingerprint density at radius 1 is 1.21 bits per heavy atom. The lowest BCUT2D eigenvalue weighted by Gasteiger charge is -2.04. The number of hydrogen-bond donors (Lipinski definition) is 2. The van der Waals surface area contributed by atoms with Crippen molar-refractivity contribution in [1.82, 2.24) is 10.2 Å². The molecule has 2 N–H and O–H groups in total. The number of aromatic amines is 1. The SMILES string of the molecule is Brc1ccc(Nc2n[nH]c3c2Cc2sccc2-3)cc1. The summed E-state index contributed by atoms with van der Waals surface area (Å²) < 4.78 is 1.08. The van der Waals surface area contributed by atoms with Crippen molar-refractivity contribution in [2.45, 2.75) is 6.42 Å². The number of H-pyrrole nitrogens is 1. The molecule has 0 atom stereocenters. The highest BCUT2D eigenvalue weighted by Crippen LogP contribution is 2.41. The number of rotatable bonds is 2. The molecule has 0 spiro atoms. The van der Waals surface area contributed by atoms with Crippen LogP contribution in [-0.2, 0) is 6.42 Å². The molecule has 2 heterocycles. The van der Waals surface area contributed by atoms with Crippen molar-refractivity contribution in [3.8, 4) is 11.3 Å². The minimum Gasteiger partial charge on any atom is -0.339 e. The summed E-state index contributed by atoms with van der Waals surface area (Å²) in [7, 11) is 0. The number of hydrogen-bond acceptors (Lipinski definition) is 3. The van der Waals surface area contributed by atoms with Gasteiger partial charge in [-0.3, -0.25) is 5.10 Å². The maximum atomic E-state index is 4.39. The molecule has 19 heavy (non-hydrogen) atoms. The zero-order valence-electron chi connectivity index (χ0n) is 9.90. The largest absolute Gasteiger partial charge is 0.339 e. The Labute approximate surface area is 122 Å².